The first-order valence-electron chi connectivity index (χ1n) is 5.33. The van der Waals surface area contributed by atoms with Gasteiger partial charge in [-0.15, -0.1) is 0 Å². The molecule has 0 spiro atoms. The smallest absolute Gasteiger partial charge is 0.0835 e. The molecule has 0 bridgehead atoms. The molecule has 0 radical (unpaired) electrons. The fraction of sp³-hybridized carbons (Fsp3) is 0.500. The van der Waals surface area contributed by atoms with Gasteiger partial charge >= 0.3 is 0 Å². The molecule has 2 nitrogen and oxygen atoms in total. The Morgan fingerprint density at radius 3 is 2.29 bits per heavy atom. The summed E-state index contributed by atoms with van der Waals surface area (Å²) in [6.45, 7) is 4.40. The molecule has 1 unspecified atom stereocenters. The van der Waals surface area contributed by atoms with Crippen LogP contribution >= 0.6 is 0 Å². The molecule has 76 valence electrons. The molecular weight excluding hydrogens is 172 g/mol. The number of aryl methyl sites for hydroxylation is 1. The van der Waals surface area contributed by atoms with Crippen molar-refractivity contribution in [1.29, 1.82) is 0 Å². The normalized spacial score (nSPS) is 19.9. The summed E-state index contributed by atoms with van der Waals surface area (Å²) < 4.78 is 0. The lowest BCUT2D eigenvalue weighted by Crippen LogP contribution is -2.31. The molecule has 0 amide bonds. The molecule has 1 aromatic rings. The molecule has 0 aliphatic carbocycles. The lowest BCUT2D eigenvalue weighted by Gasteiger charge is -2.23. The van der Waals surface area contributed by atoms with E-state index in [0.717, 1.165) is 13.1 Å². The fourth-order valence-electron chi connectivity index (χ4n) is 1.99. The van der Waals surface area contributed by atoms with E-state index in [4.69, 9.17) is 5.73 Å². The van der Waals surface area contributed by atoms with Crippen molar-refractivity contribution in [2.75, 3.05) is 13.1 Å². The third kappa shape index (κ3) is 1.97. The van der Waals surface area contributed by atoms with E-state index in [9.17, 15) is 0 Å². The molecule has 2 rings (SSSR count). The minimum absolute atomic E-state index is 0.0955. The maximum atomic E-state index is 6.18. The van der Waals surface area contributed by atoms with Crippen molar-refractivity contribution in [3.05, 3.63) is 35.4 Å². The number of hydrogen-bond acceptors (Lipinski definition) is 2. The van der Waals surface area contributed by atoms with Gasteiger partial charge in [0, 0.05) is 0 Å². The quantitative estimate of drug-likeness (QED) is 0.773. The van der Waals surface area contributed by atoms with Gasteiger partial charge in [-0.2, -0.15) is 0 Å². The number of nitrogens with zero attached hydrogens (tertiary/aromatic N) is 1. The lowest BCUT2D eigenvalue weighted by atomic mass is 10.1. The van der Waals surface area contributed by atoms with Crippen LogP contribution in [0.2, 0.25) is 0 Å². The van der Waals surface area contributed by atoms with Gasteiger partial charge in [-0.1, -0.05) is 29.8 Å². The van der Waals surface area contributed by atoms with Crippen LogP contribution < -0.4 is 5.73 Å². The number of likely N-dealkylation sites (tertiary alicyclic amines) is 1. The summed E-state index contributed by atoms with van der Waals surface area (Å²) >= 11 is 0. The van der Waals surface area contributed by atoms with Crippen LogP contribution in [0.1, 0.15) is 30.1 Å². The van der Waals surface area contributed by atoms with Gasteiger partial charge in [-0.25, -0.2) is 0 Å². The second kappa shape index (κ2) is 4.11. The van der Waals surface area contributed by atoms with E-state index in [-0.39, 0.29) is 6.17 Å². The van der Waals surface area contributed by atoms with Crippen LogP contribution in [0.5, 0.6) is 0 Å². The zero-order valence-corrected chi connectivity index (χ0v) is 8.74. The monoisotopic (exact) mass is 190 g/mol. The van der Waals surface area contributed by atoms with Crippen LogP contribution in [0.15, 0.2) is 24.3 Å². The predicted octanol–water partition coefficient (Wildman–Crippen LogP) is 2.05. The Morgan fingerprint density at radius 1 is 1.14 bits per heavy atom. The minimum Gasteiger partial charge on any atom is -0.312 e. The summed E-state index contributed by atoms with van der Waals surface area (Å²) in [6, 6.07) is 8.53. The van der Waals surface area contributed by atoms with Crippen LogP contribution in [0.25, 0.3) is 0 Å². The van der Waals surface area contributed by atoms with E-state index >= 15 is 0 Å². The highest BCUT2D eigenvalue weighted by atomic mass is 15.2. The zero-order chi connectivity index (χ0) is 9.97. The SMILES string of the molecule is Cc1ccc(C(N)N2CCCC2)cc1. The zero-order valence-electron chi connectivity index (χ0n) is 8.74. The molecule has 1 aliphatic heterocycles. The van der Waals surface area contributed by atoms with Gasteiger partial charge in [-0.05, 0) is 38.4 Å². The third-order valence-corrected chi connectivity index (χ3v) is 2.95. The van der Waals surface area contributed by atoms with Crippen LogP contribution in [-0.2, 0) is 0 Å². The van der Waals surface area contributed by atoms with E-state index in [1.165, 1.54) is 24.0 Å². The number of rotatable bonds is 2. The Labute approximate surface area is 85.7 Å². The standard InChI is InChI=1S/C12H18N2/c1-10-4-6-11(7-5-10)12(13)14-8-2-3-9-14/h4-7,12H,2-3,8-9,13H2,1H3. The minimum atomic E-state index is 0.0955. The van der Waals surface area contributed by atoms with Crippen LogP contribution in [0.4, 0.5) is 0 Å². The molecule has 1 atom stereocenters. The molecule has 1 aromatic carbocycles. The Balaban J connectivity index is 2.09. The summed E-state index contributed by atoms with van der Waals surface area (Å²) in [5.41, 5.74) is 8.70. The van der Waals surface area contributed by atoms with Crippen molar-refractivity contribution in [3.63, 3.8) is 0 Å². The highest BCUT2D eigenvalue weighted by Gasteiger charge is 2.19. The van der Waals surface area contributed by atoms with Crippen LogP contribution in [-0.4, -0.2) is 18.0 Å². The summed E-state index contributed by atoms with van der Waals surface area (Å²) in [7, 11) is 0. The van der Waals surface area contributed by atoms with Gasteiger partial charge in [0.2, 0.25) is 0 Å². The summed E-state index contributed by atoms with van der Waals surface area (Å²) in [5.74, 6) is 0. The maximum Gasteiger partial charge on any atom is 0.0835 e. The first kappa shape index (κ1) is 9.69. The first-order chi connectivity index (χ1) is 6.77. The second-order valence-electron chi connectivity index (χ2n) is 4.10. The van der Waals surface area contributed by atoms with Gasteiger partial charge in [0.1, 0.15) is 0 Å². The molecule has 1 fully saturated rings. The van der Waals surface area contributed by atoms with Crippen LogP contribution in [0, 0.1) is 6.92 Å². The Bertz CT molecular complexity index is 286. The topological polar surface area (TPSA) is 29.3 Å². The highest BCUT2D eigenvalue weighted by molar-refractivity contribution is 5.23. The molecule has 1 heterocycles. The number of hydrogen-bond donors (Lipinski definition) is 1. The van der Waals surface area contributed by atoms with Crippen LogP contribution in [0.3, 0.4) is 0 Å². The number of benzene rings is 1. The van der Waals surface area contributed by atoms with Crippen molar-refractivity contribution in [2.24, 2.45) is 5.73 Å². The van der Waals surface area contributed by atoms with E-state index in [2.05, 4.69) is 36.1 Å². The predicted molar refractivity (Wildman–Crippen MR) is 58.9 cm³/mol. The van der Waals surface area contributed by atoms with Crippen molar-refractivity contribution >= 4 is 0 Å². The summed E-state index contributed by atoms with van der Waals surface area (Å²) in [5, 5.41) is 0. The van der Waals surface area contributed by atoms with Gasteiger partial charge in [0.15, 0.2) is 0 Å². The van der Waals surface area contributed by atoms with Crippen molar-refractivity contribution < 1.29 is 0 Å². The molecular formula is C12H18N2. The van der Waals surface area contributed by atoms with E-state index < -0.39 is 0 Å². The van der Waals surface area contributed by atoms with E-state index in [0.29, 0.717) is 0 Å². The Morgan fingerprint density at radius 2 is 1.71 bits per heavy atom. The second-order valence-corrected chi connectivity index (χ2v) is 4.10. The third-order valence-electron chi connectivity index (χ3n) is 2.95. The van der Waals surface area contributed by atoms with Gasteiger partial charge in [0.05, 0.1) is 6.17 Å². The summed E-state index contributed by atoms with van der Waals surface area (Å²) in [4.78, 5) is 2.35. The molecule has 14 heavy (non-hydrogen) atoms. The molecule has 1 saturated heterocycles. The molecule has 1 aliphatic rings. The Kier molecular flexibility index (Phi) is 2.85. The average molecular weight is 190 g/mol. The Hall–Kier alpha value is -0.860. The number of nitrogens with two attached hydrogens (primary N) is 1. The fourth-order valence-corrected chi connectivity index (χ4v) is 1.99. The molecule has 0 aromatic heterocycles. The molecule has 2 heteroatoms. The van der Waals surface area contributed by atoms with E-state index in [1.54, 1.807) is 0 Å². The van der Waals surface area contributed by atoms with Crippen molar-refractivity contribution in [2.45, 2.75) is 25.9 Å². The maximum absolute atomic E-state index is 6.18. The molecule has 0 saturated carbocycles. The molecule has 2 N–H and O–H groups in total. The van der Waals surface area contributed by atoms with Gasteiger partial charge in [0.25, 0.3) is 0 Å². The average Bonchev–Trinajstić information content (AvgIpc) is 2.71. The lowest BCUT2D eigenvalue weighted by molar-refractivity contribution is 0.251. The van der Waals surface area contributed by atoms with Crippen molar-refractivity contribution in [3.8, 4) is 0 Å². The highest BCUT2D eigenvalue weighted by Crippen LogP contribution is 2.20. The van der Waals surface area contributed by atoms with Crippen molar-refractivity contribution in [1.82, 2.24) is 4.90 Å². The van der Waals surface area contributed by atoms with Gasteiger partial charge in [-0.3, -0.25) is 4.90 Å². The largest absolute Gasteiger partial charge is 0.312 e. The first-order valence-corrected chi connectivity index (χ1v) is 5.33. The van der Waals surface area contributed by atoms with Gasteiger partial charge < -0.3 is 5.73 Å². The summed E-state index contributed by atoms with van der Waals surface area (Å²) in [6.07, 6.45) is 2.68. The van der Waals surface area contributed by atoms with E-state index in [1.807, 2.05) is 0 Å².